The van der Waals surface area contributed by atoms with Crippen LogP contribution in [0.15, 0.2) is 18.2 Å². The van der Waals surface area contributed by atoms with Gasteiger partial charge in [0.15, 0.2) is 0 Å². The maximum atomic E-state index is 10.7. The molecule has 0 bridgehead atoms. The molecule has 0 radical (unpaired) electrons. The SMILES string of the molecule is OC(c1ccc2c(c1)COC2)C1CCCCCCC1. The molecule has 1 aromatic carbocycles. The minimum Gasteiger partial charge on any atom is -0.388 e. The van der Waals surface area contributed by atoms with Gasteiger partial charge in [0.05, 0.1) is 19.3 Å². The number of rotatable bonds is 2. The summed E-state index contributed by atoms with van der Waals surface area (Å²) in [6, 6.07) is 6.38. The second kappa shape index (κ2) is 6.06. The number of fused-ring (bicyclic) bond motifs is 1. The van der Waals surface area contributed by atoms with Gasteiger partial charge in [0.2, 0.25) is 0 Å². The van der Waals surface area contributed by atoms with E-state index < -0.39 is 0 Å². The van der Waals surface area contributed by atoms with Crippen molar-refractivity contribution in [2.45, 2.75) is 64.3 Å². The van der Waals surface area contributed by atoms with Crippen molar-refractivity contribution in [1.29, 1.82) is 0 Å². The summed E-state index contributed by atoms with van der Waals surface area (Å²) in [6.45, 7) is 1.44. The zero-order chi connectivity index (χ0) is 13.1. The summed E-state index contributed by atoms with van der Waals surface area (Å²) in [4.78, 5) is 0. The van der Waals surface area contributed by atoms with Gasteiger partial charge in [-0.3, -0.25) is 0 Å². The molecule has 0 aromatic heterocycles. The van der Waals surface area contributed by atoms with Gasteiger partial charge in [0.25, 0.3) is 0 Å². The van der Waals surface area contributed by atoms with E-state index in [2.05, 4.69) is 18.2 Å². The van der Waals surface area contributed by atoms with Crippen LogP contribution in [-0.2, 0) is 18.0 Å². The normalized spacial score (nSPS) is 22.6. The second-order valence-corrected chi connectivity index (χ2v) is 6.07. The molecule has 1 aliphatic heterocycles. The molecule has 1 aromatic rings. The molecule has 1 fully saturated rings. The Morgan fingerprint density at radius 2 is 1.63 bits per heavy atom. The highest BCUT2D eigenvalue weighted by atomic mass is 16.5. The smallest absolute Gasteiger partial charge is 0.0818 e. The topological polar surface area (TPSA) is 29.5 Å². The third-order valence-corrected chi connectivity index (χ3v) is 4.68. The van der Waals surface area contributed by atoms with Gasteiger partial charge in [0, 0.05) is 0 Å². The van der Waals surface area contributed by atoms with Crippen molar-refractivity contribution in [1.82, 2.24) is 0 Å². The lowest BCUT2D eigenvalue weighted by molar-refractivity contribution is 0.0911. The Morgan fingerprint density at radius 1 is 0.947 bits per heavy atom. The molecule has 1 atom stereocenters. The molecule has 3 rings (SSSR count). The van der Waals surface area contributed by atoms with Crippen LogP contribution in [0.1, 0.15) is 67.7 Å². The minimum atomic E-state index is -0.288. The van der Waals surface area contributed by atoms with E-state index in [1.807, 2.05) is 0 Å². The zero-order valence-corrected chi connectivity index (χ0v) is 11.6. The van der Waals surface area contributed by atoms with Gasteiger partial charge in [-0.2, -0.15) is 0 Å². The third kappa shape index (κ3) is 3.01. The van der Waals surface area contributed by atoms with Crippen LogP contribution in [0.5, 0.6) is 0 Å². The molecule has 104 valence electrons. The summed E-state index contributed by atoms with van der Waals surface area (Å²) in [7, 11) is 0. The van der Waals surface area contributed by atoms with Crippen molar-refractivity contribution in [2.75, 3.05) is 0 Å². The Labute approximate surface area is 115 Å². The van der Waals surface area contributed by atoms with Crippen LogP contribution < -0.4 is 0 Å². The predicted molar refractivity (Wildman–Crippen MR) is 75.7 cm³/mol. The summed E-state index contributed by atoms with van der Waals surface area (Å²) in [5.74, 6) is 0.445. The Hall–Kier alpha value is -0.860. The van der Waals surface area contributed by atoms with Crippen molar-refractivity contribution >= 4 is 0 Å². The molecule has 1 heterocycles. The van der Waals surface area contributed by atoms with E-state index in [4.69, 9.17) is 4.74 Å². The first-order chi connectivity index (χ1) is 9.34. The van der Waals surface area contributed by atoms with Gasteiger partial charge < -0.3 is 9.84 Å². The number of ether oxygens (including phenoxy) is 1. The van der Waals surface area contributed by atoms with Crippen LogP contribution in [0.3, 0.4) is 0 Å². The summed E-state index contributed by atoms with van der Waals surface area (Å²) in [5, 5.41) is 10.7. The third-order valence-electron chi connectivity index (χ3n) is 4.68. The Balaban J connectivity index is 1.72. The second-order valence-electron chi connectivity index (χ2n) is 6.07. The van der Waals surface area contributed by atoms with Crippen LogP contribution in [-0.4, -0.2) is 5.11 Å². The number of hydrogen-bond acceptors (Lipinski definition) is 2. The number of aliphatic hydroxyl groups is 1. The maximum Gasteiger partial charge on any atom is 0.0818 e. The number of benzene rings is 1. The van der Waals surface area contributed by atoms with E-state index in [0.29, 0.717) is 12.5 Å². The lowest BCUT2D eigenvalue weighted by atomic mass is 9.84. The largest absolute Gasteiger partial charge is 0.388 e. The van der Waals surface area contributed by atoms with E-state index in [9.17, 15) is 5.11 Å². The molecular formula is C17H24O2. The van der Waals surface area contributed by atoms with Gasteiger partial charge >= 0.3 is 0 Å². The average molecular weight is 260 g/mol. The predicted octanol–water partition coefficient (Wildman–Crippen LogP) is 4.11. The fraction of sp³-hybridized carbons (Fsp3) is 0.647. The van der Waals surface area contributed by atoms with Gasteiger partial charge in [0.1, 0.15) is 0 Å². The minimum absolute atomic E-state index is 0.288. The Morgan fingerprint density at radius 3 is 2.42 bits per heavy atom. The highest BCUT2D eigenvalue weighted by Crippen LogP contribution is 2.34. The monoisotopic (exact) mass is 260 g/mol. The highest BCUT2D eigenvalue weighted by Gasteiger charge is 2.23. The summed E-state index contributed by atoms with van der Waals surface area (Å²) in [6.07, 6.45) is 8.65. The van der Waals surface area contributed by atoms with Crippen molar-refractivity contribution in [3.8, 4) is 0 Å². The first-order valence-electron chi connectivity index (χ1n) is 7.72. The van der Waals surface area contributed by atoms with Crippen molar-refractivity contribution in [2.24, 2.45) is 5.92 Å². The molecule has 1 saturated carbocycles. The molecule has 1 aliphatic carbocycles. The summed E-state index contributed by atoms with van der Waals surface area (Å²) >= 11 is 0. The van der Waals surface area contributed by atoms with Crippen molar-refractivity contribution < 1.29 is 9.84 Å². The van der Waals surface area contributed by atoms with E-state index in [1.54, 1.807) is 0 Å². The fourth-order valence-electron chi connectivity index (χ4n) is 3.45. The van der Waals surface area contributed by atoms with Crippen LogP contribution in [0.2, 0.25) is 0 Å². The number of hydrogen-bond donors (Lipinski definition) is 1. The quantitative estimate of drug-likeness (QED) is 0.867. The van der Waals surface area contributed by atoms with Crippen LogP contribution in [0, 0.1) is 5.92 Å². The number of aliphatic hydroxyl groups excluding tert-OH is 1. The van der Waals surface area contributed by atoms with Gasteiger partial charge in [-0.15, -0.1) is 0 Å². The van der Waals surface area contributed by atoms with Crippen LogP contribution in [0.4, 0.5) is 0 Å². The Kier molecular flexibility index (Phi) is 4.19. The molecule has 0 saturated heterocycles. The standard InChI is InChI=1S/C17H24O2/c18-17(13-6-4-2-1-3-5-7-13)14-8-9-15-11-19-12-16(15)10-14/h8-10,13,17-18H,1-7,11-12H2. The van der Waals surface area contributed by atoms with Gasteiger partial charge in [-0.1, -0.05) is 50.3 Å². The molecule has 1 unspecified atom stereocenters. The van der Waals surface area contributed by atoms with Gasteiger partial charge in [-0.25, -0.2) is 0 Å². The first kappa shape index (κ1) is 13.1. The van der Waals surface area contributed by atoms with Crippen molar-refractivity contribution in [3.63, 3.8) is 0 Å². The molecule has 0 spiro atoms. The highest BCUT2D eigenvalue weighted by molar-refractivity contribution is 5.34. The molecule has 2 heteroatoms. The average Bonchev–Trinajstić information content (AvgIpc) is 2.84. The van der Waals surface area contributed by atoms with E-state index >= 15 is 0 Å². The van der Waals surface area contributed by atoms with E-state index in [1.165, 1.54) is 56.1 Å². The van der Waals surface area contributed by atoms with Crippen LogP contribution >= 0.6 is 0 Å². The molecular weight excluding hydrogens is 236 g/mol. The molecule has 19 heavy (non-hydrogen) atoms. The molecule has 0 amide bonds. The summed E-state index contributed by atoms with van der Waals surface area (Å²) in [5.41, 5.74) is 3.64. The maximum absolute atomic E-state index is 10.7. The lowest BCUT2D eigenvalue weighted by Crippen LogP contribution is -2.14. The van der Waals surface area contributed by atoms with E-state index in [-0.39, 0.29) is 6.10 Å². The summed E-state index contributed by atoms with van der Waals surface area (Å²) < 4.78 is 5.45. The molecule has 2 nitrogen and oxygen atoms in total. The van der Waals surface area contributed by atoms with Gasteiger partial charge in [-0.05, 0) is 35.4 Å². The van der Waals surface area contributed by atoms with Crippen LogP contribution in [0.25, 0.3) is 0 Å². The van der Waals surface area contributed by atoms with Crippen molar-refractivity contribution in [3.05, 3.63) is 34.9 Å². The lowest BCUT2D eigenvalue weighted by Gasteiger charge is -2.25. The zero-order valence-electron chi connectivity index (χ0n) is 11.6. The molecule has 2 aliphatic rings. The fourth-order valence-corrected chi connectivity index (χ4v) is 3.45. The molecule has 1 N–H and O–H groups in total. The first-order valence-corrected chi connectivity index (χ1v) is 7.72. The Bertz CT molecular complexity index is 419. The van der Waals surface area contributed by atoms with E-state index in [0.717, 1.165) is 12.2 Å².